The van der Waals surface area contributed by atoms with Gasteiger partial charge >= 0.3 is 0 Å². The predicted molar refractivity (Wildman–Crippen MR) is 87.8 cm³/mol. The third kappa shape index (κ3) is 4.70. The molecule has 0 aromatic heterocycles. The number of nitrogens with one attached hydrogen (secondary N) is 1. The van der Waals surface area contributed by atoms with E-state index < -0.39 is 0 Å². The zero-order chi connectivity index (χ0) is 15.5. The topological polar surface area (TPSA) is 55.1 Å². The Hall–Kier alpha value is -0.570. The average molecular weight is 294 g/mol. The van der Waals surface area contributed by atoms with E-state index in [4.69, 9.17) is 5.73 Å². The van der Waals surface area contributed by atoms with Crippen molar-refractivity contribution >= 4 is 5.91 Å². The van der Waals surface area contributed by atoms with Crippen molar-refractivity contribution < 1.29 is 4.79 Å². The van der Waals surface area contributed by atoms with Crippen LogP contribution in [-0.2, 0) is 4.79 Å². The number of carbonyl (C=O) groups excluding carboxylic acids is 1. The fourth-order valence-electron chi connectivity index (χ4n) is 4.48. The number of amides is 1. The Morgan fingerprint density at radius 1 is 1.24 bits per heavy atom. The van der Waals surface area contributed by atoms with Gasteiger partial charge in [0.15, 0.2) is 0 Å². The summed E-state index contributed by atoms with van der Waals surface area (Å²) < 4.78 is 0. The van der Waals surface area contributed by atoms with Crippen molar-refractivity contribution in [1.29, 1.82) is 0 Å². The van der Waals surface area contributed by atoms with Gasteiger partial charge in [0.05, 0.1) is 0 Å². The zero-order valence-corrected chi connectivity index (χ0v) is 14.2. The third-order valence-corrected chi connectivity index (χ3v) is 5.91. The predicted octanol–water partition coefficient (Wildman–Crippen LogP) is 3.33. The largest absolute Gasteiger partial charge is 0.356 e. The first-order valence-corrected chi connectivity index (χ1v) is 8.87. The van der Waals surface area contributed by atoms with Gasteiger partial charge in [-0.2, -0.15) is 0 Å². The molecule has 4 unspecified atom stereocenters. The molecule has 2 bridgehead atoms. The van der Waals surface area contributed by atoms with Crippen molar-refractivity contribution in [3.05, 3.63) is 0 Å². The van der Waals surface area contributed by atoms with E-state index in [0.717, 1.165) is 37.1 Å². The summed E-state index contributed by atoms with van der Waals surface area (Å²) in [5, 5.41) is 3.19. The summed E-state index contributed by atoms with van der Waals surface area (Å²) in [6, 6.07) is 0. The van der Waals surface area contributed by atoms with Crippen molar-refractivity contribution in [3.63, 3.8) is 0 Å². The molecule has 2 fully saturated rings. The molecule has 0 radical (unpaired) electrons. The summed E-state index contributed by atoms with van der Waals surface area (Å²) in [6.07, 6.45) is 8.23. The van der Waals surface area contributed by atoms with E-state index in [2.05, 4.69) is 26.1 Å². The van der Waals surface area contributed by atoms with Crippen LogP contribution in [0.25, 0.3) is 0 Å². The van der Waals surface area contributed by atoms with Gasteiger partial charge in [-0.15, -0.1) is 0 Å². The number of rotatable bonds is 7. The number of carbonyl (C=O) groups is 1. The van der Waals surface area contributed by atoms with Crippen LogP contribution in [0.2, 0.25) is 0 Å². The Kier molecular flexibility index (Phi) is 5.70. The molecule has 2 rings (SSSR count). The molecule has 0 saturated heterocycles. The molecular weight excluding hydrogens is 260 g/mol. The van der Waals surface area contributed by atoms with Gasteiger partial charge in [-0.05, 0) is 67.7 Å². The highest BCUT2D eigenvalue weighted by molar-refractivity contribution is 5.75. The lowest BCUT2D eigenvalue weighted by Crippen LogP contribution is -2.32. The summed E-state index contributed by atoms with van der Waals surface area (Å²) in [5.41, 5.74) is 5.95. The number of hydrogen-bond acceptors (Lipinski definition) is 2. The molecule has 1 amide bonds. The summed E-state index contributed by atoms with van der Waals surface area (Å²) in [5.74, 6) is 3.40. The Labute approximate surface area is 130 Å². The first-order chi connectivity index (χ1) is 9.90. The van der Waals surface area contributed by atoms with Crippen LogP contribution in [0.5, 0.6) is 0 Å². The summed E-state index contributed by atoms with van der Waals surface area (Å²) in [4.78, 5) is 12.1. The molecule has 0 heterocycles. The quantitative estimate of drug-likeness (QED) is 0.756. The first kappa shape index (κ1) is 16.8. The molecule has 3 heteroatoms. The van der Waals surface area contributed by atoms with Gasteiger partial charge in [-0.1, -0.05) is 27.2 Å². The number of hydrogen-bond donors (Lipinski definition) is 2. The Bertz CT molecular complexity index is 348. The second-order valence-electron chi connectivity index (χ2n) is 8.42. The smallest absolute Gasteiger partial charge is 0.220 e. The molecule has 0 aliphatic heterocycles. The molecule has 122 valence electrons. The summed E-state index contributed by atoms with van der Waals surface area (Å²) in [7, 11) is 0. The molecule has 2 saturated carbocycles. The molecule has 0 aromatic rings. The van der Waals surface area contributed by atoms with Crippen LogP contribution >= 0.6 is 0 Å². The van der Waals surface area contributed by atoms with Gasteiger partial charge in [0.2, 0.25) is 5.91 Å². The minimum absolute atomic E-state index is 0.240. The minimum Gasteiger partial charge on any atom is -0.356 e. The van der Waals surface area contributed by atoms with Crippen molar-refractivity contribution in [2.24, 2.45) is 34.8 Å². The highest BCUT2D eigenvalue weighted by Gasteiger charge is 2.39. The normalized spacial score (nSPS) is 29.6. The maximum atomic E-state index is 12.1. The summed E-state index contributed by atoms with van der Waals surface area (Å²) in [6.45, 7) is 8.38. The van der Waals surface area contributed by atoms with Crippen LogP contribution in [0.1, 0.15) is 65.7 Å². The van der Waals surface area contributed by atoms with E-state index >= 15 is 0 Å². The maximum Gasteiger partial charge on any atom is 0.220 e. The molecule has 3 N–H and O–H groups in total. The Balaban J connectivity index is 1.67. The second kappa shape index (κ2) is 7.13. The molecule has 2 aliphatic carbocycles. The van der Waals surface area contributed by atoms with Gasteiger partial charge in [-0.3, -0.25) is 4.79 Å². The Morgan fingerprint density at radius 2 is 2.00 bits per heavy atom. The average Bonchev–Trinajstić information content (AvgIpc) is 3.02. The van der Waals surface area contributed by atoms with Crippen LogP contribution in [0.3, 0.4) is 0 Å². The molecule has 3 nitrogen and oxygen atoms in total. The van der Waals surface area contributed by atoms with Gasteiger partial charge in [0, 0.05) is 13.0 Å². The molecule has 21 heavy (non-hydrogen) atoms. The highest BCUT2D eigenvalue weighted by atomic mass is 16.1. The molecule has 0 aromatic carbocycles. The van der Waals surface area contributed by atoms with E-state index in [1.165, 1.54) is 25.7 Å². The lowest BCUT2D eigenvalue weighted by atomic mass is 9.76. The van der Waals surface area contributed by atoms with E-state index in [1.807, 2.05) is 0 Å². The van der Waals surface area contributed by atoms with Gasteiger partial charge in [0.25, 0.3) is 0 Å². The van der Waals surface area contributed by atoms with Gasteiger partial charge < -0.3 is 11.1 Å². The molecule has 2 aliphatic rings. The van der Waals surface area contributed by atoms with E-state index in [9.17, 15) is 4.79 Å². The molecule has 4 atom stereocenters. The van der Waals surface area contributed by atoms with Gasteiger partial charge in [0.1, 0.15) is 0 Å². The van der Waals surface area contributed by atoms with Crippen molar-refractivity contribution in [1.82, 2.24) is 5.32 Å². The third-order valence-electron chi connectivity index (χ3n) is 5.91. The van der Waals surface area contributed by atoms with E-state index in [0.29, 0.717) is 18.9 Å². The zero-order valence-electron chi connectivity index (χ0n) is 14.2. The second-order valence-corrected chi connectivity index (χ2v) is 8.42. The fraction of sp³-hybridized carbons (Fsp3) is 0.944. The van der Waals surface area contributed by atoms with Crippen molar-refractivity contribution in [3.8, 4) is 0 Å². The minimum atomic E-state index is 0.240. The SMILES string of the molecule is CC(C)(C)C(CCN)CCC(=O)NCC1CC2CCC1C2. The van der Waals surface area contributed by atoms with Crippen LogP contribution in [0.15, 0.2) is 0 Å². The van der Waals surface area contributed by atoms with Gasteiger partial charge in [-0.25, -0.2) is 0 Å². The molecular formula is C18H34N2O. The number of nitrogens with two attached hydrogens (primary N) is 1. The summed E-state index contributed by atoms with van der Waals surface area (Å²) >= 11 is 0. The van der Waals surface area contributed by atoms with Crippen molar-refractivity contribution in [2.45, 2.75) is 65.7 Å². The van der Waals surface area contributed by atoms with E-state index in [-0.39, 0.29) is 11.3 Å². The standard InChI is InChI=1S/C18H34N2O/c1-18(2,3)16(8-9-19)6-7-17(21)20-12-15-11-13-4-5-14(15)10-13/h13-16H,4-12,19H2,1-3H3,(H,20,21). The lowest BCUT2D eigenvalue weighted by Gasteiger charge is -2.30. The number of fused-ring (bicyclic) bond motifs is 2. The van der Waals surface area contributed by atoms with Crippen molar-refractivity contribution in [2.75, 3.05) is 13.1 Å². The fourth-order valence-corrected chi connectivity index (χ4v) is 4.48. The van der Waals surface area contributed by atoms with E-state index in [1.54, 1.807) is 0 Å². The van der Waals surface area contributed by atoms with Crippen LogP contribution in [-0.4, -0.2) is 19.0 Å². The monoisotopic (exact) mass is 294 g/mol. The molecule has 0 spiro atoms. The van der Waals surface area contributed by atoms with Crippen LogP contribution < -0.4 is 11.1 Å². The first-order valence-electron chi connectivity index (χ1n) is 8.87. The maximum absolute atomic E-state index is 12.1. The highest BCUT2D eigenvalue weighted by Crippen LogP contribution is 2.47. The Morgan fingerprint density at radius 3 is 2.52 bits per heavy atom. The van der Waals surface area contributed by atoms with Crippen LogP contribution in [0.4, 0.5) is 0 Å². The van der Waals surface area contributed by atoms with Crippen LogP contribution in [0, 0.1) is 29.1 Å². The lowest BCUT2D eigenvalue weighted by molar-refractivity contribution is -0.121.